The number of amides is 2. The molecule has 0 saturated carbocycles. The Balaban J connectivity index is 1.90. The number of quaternary nitrogens is 1. The summed E-state index contributed by atoms with van der Waals surface area (Å²) in [5.41, 5.74) is 0.252. The molecular formula is C20H28F2N3O2S+. The number of piperazine rings is 1. The molecule has 28 heavy (non-hydrogen) atoms. The SMILES string of the molecule is CC(C)C[C@@H](C(=O)N1CC[NH+](C)CC1)N1C(=O)CS[C@H]1c1ccc(F)cc1F. The minimum absolute atomic E-state index is 0.0652. The Morgan fingerprint density at radius 2 is 1.96 bits per heavy atom. The Bertz CT molecular complexity index is 738. The lowest BCUT2D eigenvalue weighted by Gasteiger charge is -2.38. The summed E-state index contributed by atoms with van der Waals surface area (Å²) < 4.78 is 27.8. The number of carbonyl (C=O) groups excluding carboxylic acids is 2. The highest BCUT2D eigenvalue weighted by Gasteiger charge is 2.43. The van der Waals surface area contributed by atoms with Crippen LogP contribution in [0.15, 0.2) is 18.2 Å². The van der Waals surface area contributed by atoms with E-state index in [1.54, 1.807) is 0 Å². The van der Waals surface area contributed by atoms with Crippen LogP contribution in [0.25, 0.3) is 0 Å². The standard InChI is InChI=1S/C20H27F2N3O2S/c1-13(2)10-17(19(27)24-8-6-23(3)7-9-24)25-18(26)12-28-20(25)15-5-4-14(21)11-16(15)22/h4-5,11,13,17,20H,6-10,12H2,1-3H3/p+1/t17-,20-/m0/s1. The van der Waals surface area contributed by atoms with Gasteiger partial charge in [-0.3, -0.25) is 9.59 Å². The number of halogens is 2. The molecule has 0 spiro atoms. The molecule has 0 radical (unpaired) electrons. The van der Waals surface area contributed by atoms with Crippen LogP contribution in [0, 0.1) is 17.6 Å². The molecule has 0 unspecified atom stereocenters. The van der Waals surface area contributed by atoms with E-state index in [0.717, 1.165) is 19.2 Å². The third-order valence-corrected chi connectivity index (χ3v) is 6.59. The Labute approximate surface area is 169 Å². The van der Waals surface area contributed by atoms with Gasteiger partial charge in [0.25, 0.3) is 0 Å². The molecule has 154 valence electrons. The van der Waals surface area contributed by atoms with Crippen LogP contribution >= 0.6 is 11.8 Å². The summed E-state index contributed by atoms with van der Waals surface area (Å²) in [6, 6.07) is 2.78. The summed E-state index contributed by atoms with van der Waals surface area (Å²) >= 11 is 1.29. The van der Waals surface area contributed by atoms with E-state index in [-0.39, 0.29) is 29.0 Å². The van der Waals surface area contributed by atoms with E-state index in [1.165, 1.54) is 33.7 Å². The van der Waals surface area contributed by atoms with Gasteiger partial charge in [-0.1, -0.05) is 19.9 Å². The molecule has 2 atom stereocenters. The number of benzene rings is 1. The molecule has 0 aromatic heterocycles. The van der Waals surface area contributed by atoms with Crippen LogP contribution in [0.4, 0.5) is 8.78 Å². The summed E-state index contributed by atoms with van der Waals surface area (Å²) in [5.74, 6) is -1.19. The van der Waals surface area contributed by atoms with E-state index in [0.29, 0.717) is 19.5 Å². The van der Waals surface area contributed by atoms with E-state index in [2.05, 4.69) is 7.05 Å². The molecule has 1 N–H and O–H groups in total. The minimum Gasteiger partial charge on any atom is -0.334 e. The normalized spacial score (nSPS) is 22.2. The van der Waals surface area contributed by atoms with Crippen molar-refractivity contribution in [2.24, 2.45) is 5.92 Å². The molecule has 2 aliphatic rings. The van der Waals surface area contributed by atoms with Gasteiger partial charge in [0.2, 0.25) is 11.8 Å². The third kappa shape index (κ3) is 4.49. The third-order valence-electron chi connectivity index (χ3n) is 5.38. The second kappa shape index (κ2) is 8.78. The summed E-state index contributed by atoms with van der Waals surface area (Å²) in [5, 5.41) is -0.612. The van der Waals surface area contributed by atoms with E-state index in [1.807, 2.05) is 18.7 Å². The molecule has 2 saturated heterocycles. The van der Waals surface area contributed by atoms with Crippen LogP contribution in [0.5, 0.6) is 0 Å². The van der Waals surface area contributed by atoms with Gasteiger partial charge in [0.05, 0.1) is 39.0 Å². The number of hydrogen-bond donors (Lipinski definition) is 1. The quantitative estimate of drug-likeness (QED) is 0.793. The van der Waals surface area contributed by atoms with E-state index in [4.69, 9.17) is 0 Å². The smallest absolute Gasteiger partial charge is 0.245 e. The maximum absolute atomic E-state index is 14.4. The van der Waals surface area contributed by atoms with Gasteiger partial charge in [0, 0.05) is 11.6 Å². The number of rotatable bonds is 5. The number of hydrogen-bond acceptors (Lipinski definition) is 3. The topological polar surface area (TPSA) is 45.1 Å². The zero-order valence-electron chi connectivity index (χ0n) is 16.6. The number of likely N-dealkylation sites (N-methyl/N-ethyl adjacent to an activating group) is 1. The molecule has 2 amide bonds. The first kappa shape index (κ1) is 21.0. The Morgan fingerprint density at radius 3 is 2.57 bits per heavy atom. The summed E-state index contributed by atoms with van der Waals surface area (Å²) in [6.07, 6.45) is 0.518. The van der Waals surface area contributed by atoms with Crippen molar-refractivity contribution in [3.8, 4) is 0 Å². The molecule has 1 aromatic rings. The number of nitrogens with zero attached hydrogens (tertiary/aromatic N) is 2. The lowest BCUT2D eigenvalue weighted by molar-refractivity contribution is -0.883. The predicted molar refractivity (Wildman–Crippen MR) is 105 cm³/mol. The second-order valence-electron chi connectivity index (χ2n) is 8.06. The first-order chi connectivity index (χ1) is 13.3. The monoisotopic (exact) mass is 412 g/mol. The highest BCUT2D eigenvalue weighted by atomic mass is 32.2. The van der Waals surface area contributed by atoms with Gasteiger partial charge >= 0.3 is 0 Å². The van der Waals surface area contributed by atoms with Gasteiger partial charge in [-0.2, -0.15) is 0 Å². The fourth-order valence-electron chi connectivity index (χ4n) is 3.81. The van der Waals surface area contributed by atoms with Crippen molar-refractivity contribution in [2.75, 3.05) is 39.0 Å². The van der Waals surface area contributed by atoms with Crippen molar-refractivity contribution in [2.45, 2.75) is 31.7 Å². The van der Waals surface area contributed by atoms with Crippen molar-refractivity contribution in [3.05, 3.63) is 35.4 Å². The van der Waals surface area contributed by atoms with Crippen LogP contribution in [0.1, 0.15) is 31.2 Å². The van der Waals surface area contributed by atoms with Crippen molar-refractivity contribution in [3.63, 3.8) is 0 Å². The molecule has 2 aliphatic heterocycles. The molecule has 2 heterocycles. The molecule has 0 bridgehead atoms. The number of carbonyl (C=O) groups is 2. The molecule has 3 rings (SSSR count). The van der Waals surface area contributed by atoms with E-state index in [9.17, 15) is 18.4 Å². The summed E-state index contributed by atoms with van der Waals surface area (Å²) in [4.78, 5) is 30.8. The van der Waals surface area contributed by atoms with Crippen molar-refractivity contribution >= 4 is 23.6 Å². The van der Waals surface area contributed by atoms with Gasteiger partial charge in [-0.15, -0.1) is 11.8 Å². The summed E-state index contributed by atoms with van der Waals surface area (Å²) in [7, 11) is 2.10. The summed E-state index contributed by atoms with van der Waals surface area (Å²) in [6.45, 7) is 7.08. The van der Waals surface area contributed by atoms with Crippen LogP contribution in [0.2, 0.25) is 0 Å². The zero-order valence-corrected chi connectivity index (χ0v) is 17.4. The van der Waals surface area contributed by atoms with Gasteiger partial charge < -0.3 is 14.7 Å². The fourth-order valence-corrected chi connectivity index (χ4v) is 5.06. The van der Waals surface area contributed by atoms with E-state index < -0.39 is 23.1 Å². The minimum atomic E-state index is -0.684. The predicted octanol–water partition coefficient (Wildman–Crippen LogP) is 1.31. The maximum Gasteiger partial charge on any atom is 0.245 e. The second-order valence-corrected chi connectivity index (χ2v) is 9.13. The number of nitrogens with one attached hydrogen (secondary N) is 1. The van der Waals surface area contributed by atoms with Crippen molar-refractivity contribution in [1.82, 2.24) is 9.80 Å². The van der Waals surface area contributed by atoms with Gasteiger partial charge in [-0.25, -0.2) is 8.78 Å². The molecule has 0 aliphatic carbocycles. The molecule has 8 heteroatoms. The van der Waals surface area contributed by atoms with Crippen LogP contribution in [0.3, 0.4) is 0 Å². The van der Waals surface area contributed by atoms with Gasteiger partial charge in [0.1, 0.15) is 23.1 Å². The Morgan fingerprint density at radius 1 is 1.29 bits per heavy atom. The Hall–Kier alpha value is -1.67. The number of thioether (sulfide) groups is 1. The highest BCUT2D eigenvalue weighted by molar-refractivity contribution is 8.00. The molecule has 2 fully saturated rings. The first-order valence-corrected chi connectivity index (χ1v) is 10.8. The van der Waals surface area contributed by atoms with E-state index >= 15 is 0 Å². The van der Waals surface area contributed by atoms with Crippen LogP contribution < -0.4 is 4.90 Å². The Kier molecular flexibility index (Phi) is 6.60. The molecule has 5 nitrogen and oxygen atoms in total. The van der Waals surface area contributed by atoms with Crippen LogP contribution in [-0.2, 0) is 9.59 Å². The largest absolute Gasteiger partial charge is 0.334 e. The first-order valence-electron chi connectivity index (χ1n) is 9.75. The lowest BCUT2D eigenvalue weighted by atomic mass is 9.99. The average Bonchev–Trinajstić information content (AvgIpc) is 3.01. The lowest BCUT2D eigenvalue weighted by Crippen LogP contribution is -3.12. The van der Waals surface area contributed by atoms with Crippen molar-refractivity contribution in [1.29, 1.82) is 0 Å². The van der Waals surface area contributed by atoms with Crippen molar-refractivity contribution < 1.29 is 23.3 Å². The van der Waals surface area contributed by atoms with Crippen LogP contribution in [-0.4, -0.2) is 66.6 Å². The van der Waals surface area contributed by atoms with Gasteiger partial charge in [-0.05, 0) is 18.4 Å². The highest BCUT2D eigenvalue weighted by Crippen LogP contribution is 2.42. The maximum atomic E-state index is 14.4. The average molecular weight is 413 g/mol. The molecule has 1 aromatic carbocycles. The zero-order chi connectivity index (χ0) is 20.4. The fraction of sp³-hybridized carbons (Fsp3) is 0.600. The van der Waals surface area contributed by atoms with Gasteiger partial charge in [0.15, 0.2) is 0 Å². The molecular weight excluding hydrogens is 384 g/mol.